The van der Waals surface area contributed by atoms with Gasteiger partial charge >= 0.3 is 6.18 Å². The van der Waals surface area contributed by atoms with Gasteiger partial charge in [0.2, 0.25) is 5.91 Å². The molecule has 3 rings (SSSR count). The molecule has 0 spiro atoms. The van der Waals surface area contributed by atoms with E-state index in [4.69, 9.17) is 0 Å². The van der Waals surface area contributed by atoms with E-state index in [1.54, 1.807) is 0 Å². The molecule has 1 fully saturated rings. The van der Waals surface area contributed by atoms with E-state index < -0.39 is 17.6 Å². The number of carbonyl (C=O) groups excluding carboxylic acids is 2. The average Bonchev–Trinajstić information content (AvgIpc) is 2.82. The van der Waals surface area contributed by atoms with E-state index in [-0.39, 0.29) is 30.1 Å². The number of benzene rings is 2. The Morgan fingerprint density at radius 1 is 1.00 bits per heavy atom. The van der Waals surface area contributed by atoms with Crippen LogP contribution < -0.4 is 16.0 Å². The minimum Gasteiger partial charge on any atom is -0.350 e. The smallest absolute Gasteiger partial charge is 0.350 e. The predicted octanol–water partition coefficient (Wildman–Crippen LogP) is 4.78. The molecule has 0 aromatic heterocycles. The number of nitrogens with one attached hydrogen (secondary N) is 3. The second kappa shape index (κ2) is 11.5. The number of amides is 2. The Kier molecular flexibility index (Phi) is 8.72. The largest absolute Gasteiger partial charge is 0.416 e. The highest BCUT2D eigenvalue weighted by molar-refractivity contribution is 5.96. The molecule has 2 aromatic carbocycles. The number of carbonyl (C=O) groups is 2. The van der Waals surface area contributed by atoms with Gasteiger partial charge in [0.05, 0.1) is 12.1 Å². The summed E-state index contributed by atoms with van der Waals surface area (Å²) in [5, 5.41) is 8.94. The molecule has 2 atom stereocenters. The molecular weight excluding hydrogens is 443 g/mol. The lowest BCUT2D eigenvalue weighted by atomic mass is 9.90. The van der Waals surface area contributed by atoms with Gasteiger partial charge in [0.15, 0.2) is 0 Å². The molecule has 0 bridgehead atoms. The molecule has 1 aliphatic carbocycles. The molecule has 2 aromatic rings. The molecule has 0 unspecified atom stereocenters. The summed E-state index contributed by atoms with van der Waals surface area (Å²) in [6, 6.07) is 12.7. The van der Waals surface area contributed by atoms with Crippen LogP contribution in [0.4, 0.5) is 13.2 Å². The highest BCUT2D eigenvalue weighted by atomic mass is 19.4. The second-order valence-corrected chi connectivity index (χ2v) is 9.10. The Hall–Kier alpha value is -2.87. The second-order valence-electron chi connectivity index (χ2n) is 9.10. The molecule has 0 radical (unpaired) electrons. The van der Waals surface area contributed by atoms with Gasteiger partial charge in [-0.25, -0.2) is 0 Å². The van der Waals surface area contributed by atoms with Gasteiger partial charge in [-0.3, -0.25) is 9.59 Å². The summed E-state index contributed by atoms with van der Waals surface area (Å²) in [6.07, 6.45) is -0.693. The molecule has 34 heavy (non-hydrogen) atoms. The van der Waals surface area contributed by atoms with Crippen LogP contribution in [0.2, 0.25) is 0 Å². The van der Waals surface area contributed by atoms with Gasteiger partial charge in [0.1, 0.15) is 0 Å². The van der Waals surface area contributed by atoms with Crippen LogP contribution in [-0.4, -0.2) is 30.4 Å². The minimum atomic E-state index is -4.53. The van der Waals surface area contributed by atoms with Crippen molar-refractivity contribution in [1.29, 1.82) is 0 Å². The van der Waals surface area contributed by atoms with Crippen molar-refractivity contribution in [3.8, 4) is 0 Å². The lowest BCUT2D eigenvalue weighted by Crippen LogP contribution is -2.53. The molecule has 2 amide bonds. The molecule has 5 nitrogen and oxygen atoms in total. The van der Waals surface area contributed by atoms with E-state index in [0.29, 0.717) is 12.5 Å². The molecule has 0 aliphatic heterocycles. The first-order chi connectivity index (χ1) is 16.1. The fraction of sp³-hybridized carbons (Fsp3) is 0.462. The van der Waals surface area contributed by atoms with Crippen LogP contribution in [-0.2, 0) is 17.5 Å². The average molecular weight is 476 g/mol. The number of hydrogen-bond donors (Lipinski definition) is 3. The molecule has 1 aliphatic rings. The van der Waals surface area contributed by atoms with Crippen LogP contribution >= 0.6 is 0 Å². The van der Waals surface area contributed by atoms with Crippen LogP contribution in [0.5, 0.6) is 0 Å². The highest BCUT2D eigenvalue weighted by Crippen LogP contribution is 2.29. The maximum absolute atomic E-state index is 12.9. The van der Waals surface area contributed by atoms with Gasteiger partial charge in [-0.1, -0.05) is 57.0 Å². The van der Waals surface area contributed by atoms with Gasteiger partial charge in [-0.15, -0.1) is 0 Å². The standard InChI is InChI=1S/C26H32F3N3O2/c1-17(2)19-12-10-18(11-13-19)15-30-22-8-3-4-9-23(22)32-24(33)16-31-25(34)20-6-5-7-21(14-20)26(27,28)29/h5-7,10-14,17,22-23,30H,3-4,8-9,15-16H2,1-2H3,(H,31,34)(H,32,33)/t22-,23+/m0/s1. The van der Waals surface area contributed by atoms with Crippen molar-refractivity contribution in [3.63, 3.8) is 0 Å². The summed E-state index contributed by atoms with van der Waals surface area (Å²) >= 11 is 0. The van der Waals surface area contributed by atoms with Crippen LogP contribution in [0.25, 0.3) is 0 Å². The Balaban J connectivity index is 1.50. The molecule has 3 N–H and O–H groups in total. The third-order valence-corrected chi connectivity index (χ3v) is 6.19. The van der Waals surface area contributed by atoms with Crippen LogP contribution in [0.15, 0.2) is 48.5 Å². The highest BCUT2D eigenvalue weighted by Gasteiger charge is 2.31. The summed E-state index contributed by atoms with van der Waals surface area (Å²) < 4.78 is 38.6. The number of halogens is 3. The maximum Gasteiger partial charge on any atom is 0.416 e. The van der Waals surface area contributed by atoms with Crippen molar-refractivity contribution < 1.29 is 22.8 Å². The lowest BCUT2D eigenvalue weighted by molar-refractivity contribution is -0.137. The topological polar surface area (TPSA) is 70.2 Å². The number of hydrogen-bond acceptors (Lipinski definition) is 3. The third-order valence-electron chi connectivity index (χ3n) is 6.19. The van der Waals surface area contributed by atoms with Gasteiger partial charge in [-0.05, 0) is 48.1 Å². The summed E-state index contributed by atoms with van der Waals surface area (Å²) in [5.74, 6) is -0.598. The molecule has 0 saturated heterocycles. The first-order valence-electron chi connectivity index (χ1n) is 11.7. The fourth-order valence-electron chi connectivity index (χ4n) is 4.17. The van der Waals surface area contributed by atoms with Crippen molar-refractivity contribution in [2.75, 3.05) is 6.54 Å². The normalized spacial score (nSPS) is 18.5. The van der Waals surface area contributed by atoms with Crippen LogP contribution in [0.1, 0.15) is 72.5 Å². The maximum atomic E-state index is 12.9. The Morgan fingerprint density at radius 3 is 2.32 bits per heavy atom. The number of alkyl halides is 3. The van der Waals surface area contributed by atoms with E-state index in [1.807, 2.05) is 0 Å². The lowest BCUT2D eigenvalue weighted by Gasteiger charge is -2.33. The van der Waals surface area contributed by atoms with Gasteiger partial charge in [0, 0.05) is 24.2 Å². The van der Waals surface area contributed by atoms with Crippen LogP contribution in [0, 0.1) is 0 Å². The summed E-state index contributed by atoms with van der Waals surface area (Å²) in [5.41, 5.74) is 1.43. The molecule has 0 heterocycles. The zero-order chi connectivity index (χ0) is 24.7. The SMILES string of the molecule is CC(C)c1ccc(CN[C@H]2CCCC[C@H]2NC(=O)CNC(=O)c2cccc(C(F)(F)F)c2)cc1. The van der Waals surface area contributed by atoms with Crippen molar-refractivity contribution in [2.45, 2.75) is 70.3 Å². The van der Waals surface area contributed by atoms with E-state index in [9.17, 15) is 22.8 Å². The monoisotopic (exact) mass is 475 g/mol. The predicted molar refractivity (Wildman–Crippen MR) is 125 cm³/mol. The fourth-order valence-corrected chi connectivity index (χ4v) is 4.17. The molecule has 184 valence electrons. The minimum absolute atomic E-state index is 0.0679. The van der Waals surface area contributed by atoms with Crippen molar-refractivity contribution in [2.24, 2.45) is 0 Å². The van der Waals surface area contributed by atoms with Gasteiger partial charge in [-0.2, -0.15) is 13.2 Å². The number of rotatable bonds is 8. The molecule has 8 heteroatoms. The summed E-state index contributed by atoms with van der Waals surface area (Å²) in [6.45, 7) is 4.71. The zero-order valence-corrected chi connectivity index (χ0v) is 19.5. The first kappa shape index (κ1) is 25.7. The van der Waals surface area contributed by atoms with E-state index in [1.165, 1.54) is 23.3 Å². The van der Waals surface area contributed by atoms with Crippen molar-refractivity contribution in [3.05, 3.63) is 70.8 Å². The Labute approximate surface area is 198 Å². The van der Waals surface area contributed by atoms with E-state index in [0.717, 1.165) is 37.8 Å². The Morgan fingerprint density at radius 2 is 1.68 bits per heavy atom. The van der Waals surface area contributed by atoms with Crippen LogP contribution in [0.3, 0.4) is 0 Å². The van der Waals surface area contributed by atoms with E-state index in [2.05, 4.69) is 54.1 Å². The zero-order valence-electron chi connectivity index (χ0n) is 19.5. The van der Waals surface area contributed by atoms with E-state index >= 15 is 0 Å². The molecule has 1 saturated carbocycles. The van der Waals surface area contributed by atoms with Crippen molar-refractivity contribution >= 4 is 11.8 Å². The van der Waals surface area contributed by atoms with Gasteiger partial charge < -0.3 is 16.0 Å². The first-order valence-corrected chi connectivity index (χ1v) is 11.7. The van der Waals surface area contributed by atoms with Gasteiger partial charge in [0.25, 0.3) is 5.91 Å². The molecular formula is C26H32F3N3O2. The Bertz CT molecular complexity index is 974. The quantitative estimate of drug-likeness (QED) is 0.515. The summed E-state index contributed by atoms with van der Waals surface area (Å²) in [4.78, 5) is 24.7. The van der Waals surface area contributed by atoms with Crippen molar-refractivity contribution in [1.82, 2.24) is 16.0 Å². The third kappa shape index (κ3) is 7.32. The summed E-state index contributed by atoms with van der Waals surface area (Å²) in [7, 11) is 0.